The van der Waals surface area contributed by atoms with Crippen LogP contribution in [0, 0.1) is 3.57 Å². The van der Waals surface area contributed by atoms with Crippen molar-refractivity contribution in [3.05, 3.63) is 16.1 Å². The van der Waals surface area contributed by atoms with Gasteiger partial charge in [-0.15, -0.1) is 0 Å². The molecule has 33 heavy (non-hydrogen) atoms. The van der Waals surface area contributed by atoms with E-state index in [-0.39, 0.29) is 30.3 Å². The van der Waals surface area contributed by atoms with Gasteiger partial charge in [0.1, 0.15) is 31.1 Å². The van der Waals surface area contributed by atoms with Gasteiger partial charge in [0.2, 0.25) is 0 Å². The summed E-state index contributed by atoms with van der Waals surface area (Å²) in [6, 6.07) is 0. The summed E-state index contributed by atoms with van der Waals surface area (Å²) in [4.78, 5) is 15.3. The Morgan fingerprint density at radius 1 is 1.33 bits per heavy atom. The van der Waals surface area contributed by atoms with E-state index in [0.717, 1.165) is 14.6 Å². The lowest BCUT2D eigenvalue weighted by atomic mass is 10.2. The van der Waals surface area contributed by atoms with Crippen LogP contribution in [0.5, 0.6) is 0 Å². The van der Waals surface area contributed by atoms with Crippen molar-refractivity contribution in [2.24, 2.45) is 4.99 Å². The third kappa shape index (κ3) is 6.12. The summed E-state index contributed by atoms with van der Waals surface area (Å²) in [5, 5.41) is 1.04. The van der Waals surface area contributed by atoms with Crippen molar-refractivity contribution in [2.75, 3.05) is 34.6 Å². The van der Waals surface area contributed by atoms with Crippen LogP contribution in [-0.4, -0.2) is 80.9 Å². The Morgan fingerprint density at radius 2 is 2.06 bits per heavy atom. The number of methoxy groups -OCH3 is 1. The Morgan fingerprint density at radius 3 is 2.70 bits per heavy atom. The molecule has 1 fully saturated rings. The number of fused-ring (bicyclic) bond motifs is 1. The number of hydrogen-bond acceptors (Lipinski definition) is 7. The monoisotopic (exact) mass is 589 g/mol. The minimum absolute atomic E-state index is 0.126. The highest BCUT2D eigenvalue weighted by atomic mass is 127. The van der Waals surface area contributed by atoms with Crippen LogP contribution >= 0.6 is 22.6 Å². The van der Waals surface area contributed by atoms with E-state index < -0.39 is 8.32 Å². The highest BCUT2D eigenvalue weighted by Gasteiger charge is 2.42. The molecule has 0 unspecified atom stereocenters. The molecule has 2 aromatic rings. The third-order valence-electron chi connectivity index (χ3n) is 6.26. The summed E-state index contributed by atoms with van der Waals surface area (Å²) in [5.74, 6) is 0.639. The smallest absolute Gasteiger partial charge is 0.192 e. The minimum atomic E-state index is -1.92. The molecule has 3 rings (SSSR count). The molecule has 0 amide bonds. The van der Waals surface area contributed by atoms with E-state index in [1.807, 2.05) is 25.2 Å². The molecule has 3 atom stereocenters. The summed E-state index contributed by atoms with van der Waals surface area (Å²) >= 11 is 2.30. The first-order valence-corrected chi connectivity index (χ1v) is 15.0. The second kappa shape index (κ2) is 10.6. The largest absolute Gasteiger partial charge is 0.414 e. The lowest BCUT2D eigenvalue weighted by Crippen LogP contribution is -2.44. The van der Waals surface area contributed by atoms with Crippen LogP contribution < -0.4 is 0 Å². The number of aliphatic imine (C=N–C) groups is 1. The van der Waals surface area contributed by atoms with E-state index in [4.69, 9.17) is 18.6 Å². The molecular weight excluding hydrogens is 553 g/mol. The molecule has 1 saturated heterocycles. The zero-order chi connectivity index (χ0) is 24.4. The van der Waals surface area contributed by atoms with Gasteiger partial charge in [-0.1, -0.05) is 20.8 Å². The molecule has 1 aliphatic rings. The molecule has 0 aliphatic carbocycles. The second-order valence-corrected chi connectivity index (χ2v) is 16.0. The van der Waals surface area contributed by atoms with Crippen LogP contribution in [0.15, 0.2) is 17.5 Å². The van der Waals surface area contributed by atoms with Crippen LogP contribution in [0.3, 0.4) is 0 Å². The third-order valence-corrected chi connectivity index (χ3v) is 11.6. The summed E-state index contributed by atoms with van der Waals surface area (Å²) < 4.78 is 27.2. The molecule has 2 aromatic heterocycles. The standard InChI is InChI=1S/C22H36IN5O4Si/c1-22(2,3)33(7,8)31-11-17-16(30-14-29-6)9-18(32-17)28-10-15(23)19-20(26-13-27(4)5)24-12-25-21(19)28/h10,12-13,16-18H,9,11,14H2,1-8H3/b26-13+/t16-,17-,18-/m1/s1. The Bertz CT molecular complexity index is 976. The normalized spacial score (nSPS) is 22.0. The van der Waals surface area contributed by atoms with Gasteiger partial charge in [-0.05, 0) is 40.7 Å². The van der Waals surface area contributed by atoms with Crippen LogP contribution in [0.1, 0.15) is 33.4 Å². The fourth-order valence-electron chi connectivity index (χ4n) is 3.37. The maximum atomic E-state index is 6.49. The Labute approximate surface area is 211 Å². The molecule has 1 aliphatic heterocycles. The van der Waals surface area contributed by atoms with Crippen LogP contribution in [-0.2, 0) is 18.6 Å². The molecule has 0 aromatic carbocycles. The predicted octanol–water partition coefficient (Wildman–Crippen LogP) is 4.56. The lowest BCUT2D eigenvalue weighted by molar-refractivity contribution is -0.106. The number of rotatable bonds is 9. The molecule has 11 heteroatoms. The summed E-state index contributed by atoms with van der Waals surface area (Å²) in [5.41, 5.74) is 0.793. The van der Waals surface area contributed by atoms with E-state index >= 15 is 0 Å². The minimum Gasteiger partial charge on any atom is -0.414 e. The van der Waals surface area contributed by atoms with Gasteiger partial charge in [-0.2, -0.15) is 0 Å². The molecule has 0 spiro atoms. The maximum Gasteiger partial charge on any atom is 0.192 e. The number of nitrogens with zero attached hydrogens (tertiary/aromatic N) is 5. The Hall–Kier alpha value is -1.12. The summed E-state index contributed by atoms with van der Waals surface area (Å²) in [7, 11) is 3.57. The van der Waals surface area contributed by atoms with Crippen LogP contribution in [0.25, 0.3) is 11.0 Å². The zero-order valence-corrected chi connectivity index (χ0v) is 24.0. The molecule has 0 N–H and O–H groups in total. The lowest BCUT2D eigenvalue weighted by Gasteiger charge is -2.37. The molecular formula is C22H36IN5O4Si. The number of aromatic nitrogens is 3. The summed E-state index contributed by atoms with van der Waals surface area (Å²) in [6.07, 6.45) is 5.45. The predicted molar refractivity (Wildman–Crippen MR) is 141 cm³/mol. The maximum absolute atomic E-state index is 6.49. The van der Waals surface area contributed by atoms with Crippen molar-refractivity contribution in [1.82, 2.24) is 19.4 Å². The first-order valence-electron chi connectivity index (χ1n) is 11.1. The van der Waals surface area contributed by atoms with Crippen molar-refractivity contribution in [2.45, 2.75) is 63.8 Å². The van der Waals surface area contributed by atoms with Gasteiger partial charge in [-0.25, -0.2) is 15.0 Å². The topological polar surface area (TPSA) is 83.2 Å². The fourth-order valence-corrected chi connectivity index (χ4v) is 5.17. The van der Waals surface area contributed by atoms with Crippen molar-refractivity contribution >= 4 is 54.1 Å². The fraction of sp³-hybridized carbons (Fsp3) is 0.682. The SMILES string of the molecule is COCO[C@@H]1C[C@H](n2cc(I)c3c(/N=C/N(C)C)ncnc32)O[C@@H]1CO[Si](C)(C)C(C)(C)C. The van der Waals surface area contributed by atoms with Crippen molar-refractivity contribution in [3.8, 4) is 0 Å². The first-order chi connectivity index (χ1) is 15.4. The van der Waals surface area contributed by atoms with Gasteiger partial charge < -0.3 is 28.1 Å². The van der Waals surface area contributed by atoms with Crippen molar-refractivity contribution in [1.29, 1.82) is 0 Å². The van der Waals surface area contributed by atoms with Gasteiger partial charge in [-0.3, -0.25) is 0 Å². The van der Waals surface area contributed by atoms with Gasteiger partial charge in [0.05, 0.1) is 24.4 Å². The van der Waals surface area contributed by atoms with Gasteiger partial charge in [0, 0.05) is 37.4 Å². The molecule has 184 valence electrons. The average Bonchev–Trinajstić information content (AvgIpc) is 3.29. The van der Waals surface area contributed by atoms with Gasteiger partial charge >= 0.3 is 0 Å². The highest BCUT2D eigenvalue weighted by molar-refractivity contribution is 14.1. The summed E-state index contributed by atoms with van der Waals surface area (Å²) in [6.45, 7) is 11.9. The molecule has 0 radical (unpaired) electrons. The van der Waals surface area contributed by atoms with E-state index in [2.05, 4.69) is 76.0 Å². The first kappa shape index (κ1) is 26.5. The molecule has 3 heterocycles. The highest BCUT2D eigenvalue weighted by Crippen LogP contribution is 2.39. The van der Waals surface area contributed by atoms with E-state index in [1.165, 1.54) is 0 Å². The molecule has 0 bridgehead atoms. The van der Waals surface area contributed by atoms with Crippen molar-refractivity contribution < 1.29 is 18.6 Å². The van der Waals surface area contributed by atoms with Crippen LogP contribution in [0.2, 0.25) is 18.1 Å². The van der Waals surface area contributed by atoms with Gasteiger partial charge in [0.25, 0.3) is 0 Å². The van der Waals surface area contributed by atoms with Crippen molar-refractivity contribution in [3.63, 3.8) is 0 Å². The van der Waals surface area contributed by atoms with Crippen LogP contribution in [0.4, 0.5) is 5.82 Å². The zero-order valence-electron chi connectivity index (χ0n) is 20.8. The number of halogens is 1. The van der Waals surface area contributed by atoms with E-state index in [1.54, 1.807) is 19.8 Å². The van der Waals surface area contributed by atoms with Gasteiger partial charge in [0.15, 0.2) is 14.1 Å². The Balaban J connectivity index is 1.86. The molecule has 0 saturated carbocycles. The Kier molecular flexibility index (Phi) is 8.54. The second-order valence-electron chi connectivity index (χ2n) is 10.0. The quantitative estimate of drug-likeness (QED) is 0.140. The number of ether oxygens (including phenoxy) is 3. The van der Waals surface area contributed by atoms with E-state index in [0.29, 0.717) is 18.8 Å². The average molecular weight is 590 g/mol. The number of hydrogen-bond donors (Lipinski definition) is 0. The van der Waals surface area contributed by atoms with E-state index in [9.17, 15) is 0 Å². The molecule has 9 nitrogen and oxygen atoms in total.